The molecule has 80 valence electrons. The van der Waals surface area contributed by atoms with Crippen molar-refractivity contribution in [2.75, 3.05) is 19.6 Å². The maximum Gasteiger partial charge on any atom is 0.220 e. The van der Waals surface area contributed by atoms with Crippen molar-refractivity contribution in [1.29, 1.82) is 0 Å². The van der Waals surface area contributed by atoms with E-state index in [1.54, 1.807) is 6.92 Å². The van der Waals surface area contributed by atoms with Crippen molar-refractivity contribution in [2.24, 2.45) is 0 Å². The topological polar surface area (TPSA) is 32.3 Å². The van der Waals surface area contributed by atoms with E-state index < -0.39 is 0 Å². The highest BCUT2D eigenvalue weighted by Gasteiger charge is 2.24. The Morgan fingerprint density at radius 3 is 2.80 bits per heavy atom. The number of amides is 1. The summed E-state index contributed by atoms with van der Waals surface area (Å²) in [4.78, 5) is 13.4. The van der Waals surface area contributed by atoms with Gasteiger partial charge in [0, 0.05) is 26.6 Å². The molecule has 1 aromatic carbocycles. The van der Waals surface area contributed by atoms with Crippen molar-refractivity contribution in [3.63, 3.8) is 0 Å². The Morgan fingerprint density at radius 1 is 1.40 bits per heavy atom. The lowest BCUT2D eigenvalue weighted by Gasteiger charge is -2.35. The summed E-state index contributed by atoms with van der Waals surface area (Å²) in [7, 11) is 0. The molecule has 0 aliphatic carbocycles. The molecule has 0 spiro atoms. The second-order valence-electron chi connectivity index (χ2n) is 3.84. The second kappa shape index (κ2) is 4.45. The molecule has 0 radical (unpaired) electrons. The number of benzene rings is 1. The van der Waals surface area contributed by atoms with Gasteiger partial charge >= 0.3 is 0 Å². The molecular formula is C12H16N2O. The third kappa shape index (κ3) is 2.18. The lowest BCUT2D eigenvalue weighted by Crippen LogP contribution is -2.47. The van der Waals surface area contributed by atoms with Crippen LogP contribution in [0.3, 0.4) is 0 Å². The molecule has 0 saturated carbocycles. The monoisotopic (exact) mass is 204 g/mol. The van der Waals surface area contributed by atoms with E-state index in [9.17, 15) is 4.79 Å². The Kier molecular flexibility index (Phi) is 3.02. The molecule has 1 aliphatic heterocycles. The first kappa shape index (κ1) is 10.2. The van der Waals surface area contributed by atoms with Crippen molar-refractivity contribution in [3.05, 3.63) is 35.9 Å². The van der Waals surface area contributed by atoms with Crippen molar-refractivity contribution < 1.29 is 4.79 Å². The Morgan fingerprint density at radius 2 is 2.13 bits per heavy atom. The van der Waals surface area contributed by atoms with Crippen LogP contribution in [0.5, 0.6) is 0 Å². The van der Waals surface area contributed by atoms with Gasteiger partial charge in [-0.1, -0.05) is 30.3 Å². The number of rotatable bonds is 1. The number of carbonyl (C=O) groups excluding carboxylic acids is 1. The smallest absolute Gasteiger partial charge is 0.220 e. The van der Waals surface area contributed by atoms with Gasteiger partial charge in [-0.25, -0.2) is 0 Å². The highest BCUT2D eigenvalue weighted by molar-refractivity contribution is 5.74. The normalized spacial score (nSPS) is 21.4. The molecule has 1 N–H and O–H groups in total. The fourth-order valence-corrected chi connectivity index (χ4v) is 2.05. The van der Waals surface area contributed by atoms with Crippen molar-refractivity contribution in [3.8, 4) is 0 Å². The lowest BCUT2D eigenvalue weighted by molar-refractivity contribution is -0.132. The van der Waals surface area contributed by atoms with Gasteiger partial charge in [-0.3, -0.25) is 4.79 Å². The molecule has 1 amide bonds. The van der Waals surface area contributed by atoms with Crippen LogP contribution in [-0.4, -0.2) is 30.4 Å². The number of carbonyl (C=O) groups is 1. The number of nitrogens with one attached hydrogen (secondary N) is 1. The van der Waals surface area contributed by atoms with E-state index in [4.69, 9.17) is 0 Å². The largest absolute Gasteiger partial charge is 0.333 e. The van der Waals surface area contributed by atoms with Gasteiger partial charge in [0.05, 0.1) is 6.04 Å². The minimum Gasteiger partial charge on any atom is -0.333 e. The highest BCUT2D eigenvalue weighted by Crippen LogP contribution is 2.21. The van der Waals surface area contributed by atoms with E-state index in [0.717, 1.165) is 19.6 Å². The predicted octanol–water partition coefficient (Wildman–Crippen LogP) is 1.18. The van der Waals surface area contributed by atoms with E-state index in [1.807, 2.05) is 23.1 Å². The zero-order valence-electron chi connectivity index (χ0n) is 8.94. The van der Waals surface area contributed by atoms with E-state index in [1.165, 1.54) is 5.56 Å². The Labute approximate surface area is 90.1 Å². The molecule has 15 heavy (non-hydrogen) atoms. The van der Waals surface area contributed by atoms with Crippen LogP contribution in [0.1, 0.15) is 18.5 Å². The van der Waals surface area contributed by atoms with Gasteiger partial charge in [-0.2, -0.15) is 0 Å². The first-order valence-electron chi connectivity index (χ1n) is 5.32. The molecule has 3 heteroatoms. The van der Waals surface area contributed by atoms with Crippen LogP contribution in [0.2, 0.25) is 0 Å². The van der Waals surface area contributed by atoms with Crippen LogP contribution < -0.4 is 5.32 Å². The predicted molar refractivity (Wildman–Crippen MR) is 59.4 cm³/mol. The van der Waals surface area contributed by atoms with Crippen molar-refractivity contribution in [1.82, 2.24) is 10.2 Å². The molecule has 0 aromatic heterocycles. The van der Waals surface area contributed by atoms with Crippen molar-refractivity contribution in [2.45, 2.75) is 13.0 Å². The lowest BCUT2D eigenvalue weighted by atomic mass is 10.0. The zero-order chi connectivity index (χ0) is 10.7. The van der Waals surface area contributed by atoms with Crippen LogP contribution in [0, 0.1) is 0 Å². The number of piperazine rings is 1. The average molecular weight is 204 g/mol. The molecule has 1 atom stereocenters. The average Bonchev–Trinajstić information content (AvgIpc) is 2.30. The summed E-state index contributed by atoms with van der Waals surface area (Å²) in [5, 5.41) is 3.32. The number of hydrogen-bond acceptors (Lipinski definition) is 2. The zero-order valence-corrected chi connectivity index (χ0v) is 8.94. The Balaban J connectivity index is 2.22. The van der Waals surface area contributed by atoms with E-state index >= 15 is 0 Å². The maximum atomic E-state index is 11.5. The Hall–Kier alpha value is -1.35. The molecule has 1 aromatic rings. The molecular weight excluding hydrogens is 188 g/mol. The molecule has 1 fully saturated rings. The maximum absolute atomic E-state index is 11.5. The number of hydrogen-bond donors (Lipinski definition) is 1. The van der Waals surface area contributed by atoms with E-state index in [-0.39, 0.29) is 11.9 Å². The van der Waals surface area contributed by atoms with Crippen molar-refractivity contribution >= 4 is 5.91 Å². The molecule has 1 heterocycles. The first-order chi connectivity index (χ1) is 7.29. The summed E-state index contributed by atoms with van der Waals surface area (Å²) < 4.78 is 0. The second-order valence-corrected chi connectivity index (χ2v) is 3.84. The third-order valence-electron chi connectivity index (χ3n) is 2.83. The van der Waals surface area contributed by atoms with Gasteiger partial charge in [0.25, 0.3) is 0 Å². The summed E-state index contributed by atoms with van der Waals surface area (Å²) in [5.74, 6) is 0.158. The van der Waals surface area contributed by atoms with Crippen LogP contribution >= 0.6 is 0 Å². The molecule has 0 unspecified atom stereocenters. The van der Waals surface area contributed by atoms with E-state index in [0.29, 0.717) is 0 Å². The molecule has 1 aliphatic rings. The molecule has 2 rings (SSSR count). The van der Waals surface area contributed by atoms with Crippen LogP contribution in [0.15, 0.2) is 30.3 Å². The summed E-state index contributed by atoms with van der Waals surface area (Å²) in [5.41, 5.74) is 1.21. The third-order valence-corrected chi connectivity index (χ3v) is 2.83. The summed E-state index contributed by atoms with van der Waals surface area (Å²) >= 11 is 0. The summed E-state index contributed by atoms with van der Waals surface area (Å²) in [6.07, 6.45) is 0. The fourth-order valence-electron chi connectivity index (χ4n) is 2.05. The van der Waals surface area contributed by atoms with Gasteiger partial charge in [0.2, 0.25) is 5.91 Å². The molecule has 0 bridgehead atoms. The molecule has 1 saturated heterocycles. The number of nitrogens with zero attached hydrogens (tertiary/aromatic N) is 1. The highest BCUT2D eigenvalue weighted by atomic mass is 16.2. The minimum atomic E-state index is 0.158. The minimum absolute atomic E-state index is 0.158. The van der Waals surface area contributed by atoms with Gasteiger partial charge in [0.1, 0.15) is 0 Å². The Bertz CT molecular complexity index is 337. The fraction of sp³-hybridized carbons (Fsp3) is 0.417. The van der Waals surface area contributed by atoms with Crippen LogP contribution in [0.4, 0.5) is 0 Å². The summed E-state index contributed by atoms with van der Waals surface area (Å²) in [6, 6.07) is 10.4. The standard InChI is InChI=1S/C12H16N2O/c1-10(15)14-8-7-13-9-12(14)11-5-3-2-4-6-11/h2-6,12-13H,7-9H2,1H3/t12-/m1/s1. The molecule has 3 nitrogen and oxygen atoms in total. The SMILES string of the molecule is CC(=O)N1CCNC[C@@H]1c1ccccc1. The van der Waals surface area contributed by atoms with E-state index in [2.05, 4.69) is 17.4 Å². The quantitative estimate of drug-likeness (QED) is 0.745. The van der Waals surface area contributed by atoms with Gasteiger partial charge in [-0.15, -0.1) is 0 Å². The first-order valence-corrected chi connectivity index (χ1v) is 5.32. The van der Waals surface area contributed by atoms with Gasteiger partial charge in [0.15, 0.2) is 0 Å². The van der Waals surface area contributed by atoms with Gasteiger partial charge in [-0.05, 0) is 5.56 Å². The van der Waals surface area contributed by atoms with Crippen LogP contribution in [0.25, 0.3) is 0 Å². The summed E-state index contributed by atoms with van der Waals surface area (Å²) in [6.45, 7) is 4.18. The van der Waals surface area contributed by atoms with Crippen LogP contribution in [-0.2, 0) is 4.79 Å². The van der Waals surface area contributed by atoms with Gasteiger partial charge < -0.3 is 10.2 Å².